The lowest BCUT2D eigenvalue weighted by molar-refractivity contribution is 0.306. The molecule has 0 aromatic heterocycles. The standard InChI is InChI=1S/C37H36N2O/c1-24(2)29-18-12-19-30(25(3)4)35(29)39-37-32-21-11-15-26-14-10-20-31(34(26)32)36(37)38-33-22-9-8-13-27(33)23-40-28-16-6-5-7-17-28/h5-11,13-18,20-22,24-25H,12,19,23H2,1-4H3. The van der Waals surface area contributed by atoms with Crippen LogP contribution in [0.25, 0.3) is 10.8 Å². The van der Waals surface area contributed by atoms with Gasteiger partial charge in [0.1, 0.15) is 12.4 Å². The van der Waals surface area contributed by atoms with Crippen LogP contribution in [0.2, 0.25) is 0 Å². The fraction of sp³-hybridized carbons (Fsp3) is 0.243. The molecular formula is C37H36N2O. The van der Waals surface area contributed by atoms with Gasteiger partial charge in [-0.2, -0.15) is 0 Å². The predicted octanol–water partition coefficient (Wildman–Crippen LogP) is 9.63. The molecular weight excluding hydrogens is 488 g/mol. The van der Waals surface area contributed by atoms with E-state index in [0.717, 1.165) is 58.1 Å². The minimum Gasteiger partial charge on any atom is -0.489 e. The SMILES string of the molecule is CC(C)C1=CCCC(C(C)C)=C1N=C1C(=Nc2ccccc2COc2ccccc2)c2cccc3cccc1c23. The zero-order valence-electron chi connectivity index (χ0n) is 23.8. The van der Waals surface area contributed by atoms with E-state index in [1.165, 1.54) is 21.9 Å². The highest BCUT2D eigenvalue weighted by Crippen LogP contribution is 2.38. The topological polar surface area (TPSA) is 34.0 Å². The second kappa shape index (κ2) is 11.1. The van der Waals surface area contributed by atoms with E-state index in [2.05, 4.69) is 82.3 Å². The first-order valence-corrected chi connectivity index (χ1v) is 14.4. The number of ether oxygens (including phenoxy) is 1. The molecule has 0 N–H and O–H groups in total. The molecule has 0 saturated carbocycles. The van der Waals surface area contributed by atoms with Gasteiger partial charge in [0, 0.05) is 22.1 Å². The van der Waals surface area contributed by atoms with E-state index in [1.54, 1.807) is 0 Å². The Morgan fingerprint density at radius 2 is 1.38 bits per heavy atom. The lowest BCUT2D eigenvalue weighted by Crippen LogP contribution is -2.15. The van der Waals surface area contributed by atoms with E-state index in [1.807, 2.05) is 42.5 Å². The summed E-state index contributed by atoms with van der Waals surface area (Å²) in [6.07, 6.45) is 4.54. The molecule has 6 rings (SSSR count). The molecule has 4 aromatic carbocycles. The van der Waals surface area contributed by atoms with Crippen molar-refractivity contribution in [1.29, 1.82) is 0 Å². The summed E-state index contributed by atoms with van der Waals surface area (Å²) in [7, 11) is 0. The van der Waals surface area contributed by atoms with E-state index in [4.69, 9.17) is 14.7 Å². The van der Waals surface area contributed by atoms with Gasteiger partial charge < -0.3 is 4.74 Å². The van der Waals surface area contributed by atoms with Crippen molar-refractivity contribution in [2.24, 2.45) is 21.8 Å². The van der Waals surface area contributed by atoms with Crippen molar-refractivity contribution in [2.75, 3.05) is 0 Å². The summed E-state index contributed by atoms with van der Waals surface area (Å²) in [4.78, 5) is 10.9. The number of hydrogen-bond donors (Lipinski definition) is 0. The van der Waals surface area contributed by atoms with Crippen LogP contribution in [0, 0.1) is 11.8 Å². The highest BCUT2D eigenvalue weighted by molar-refractivity contribution is 6.61. The van der Waals surface area contributed by atoms with Crippen LogP contribution in [-0.2, 0) is 6.61 Å². The molecule has 3 nitrogen and oxygen atoms in total. The Hall–Kier alpha value is -4.24. The van der Waals surface area contributed by atoms with E-state index >= 15 is 0 Å². The van der Waals surface area contributed by atoms with Gasteiger partial charge in [0.2, 0.25) is 0 Å². The molecule has 0 spiro atoms. The molecule has 0 bridgehead atoms. The van der Waals surface area contributed by atoms with Crippen LogP contribution >= 0.6 is 0 Å². The number of para-hydroxylation sites is 2. The molecule has 0 atom stereocenters. The third kappa shape index (κ3) is 4.93. The lowest BCUT2D eigenvalue weighted by Gasteiger charge is -2.24. The average Bonchev–Trinajstić information content (AvgIpc) is 3.26. The van der Waals surface area contributed by atoms with Gasteiger partial charge in [0.25, 0.3) is 0 Å². The second-order valence-electron chi connectivity index (χ2n) is 11.2. The maximum absolute atomic E-state index is 6.13. The van der Waals surface area contributed by atoms with Crippen molar-refractivity contribution in [3.05, 3.63) is 131 Å². The summed E-state index contributed by atoms with van der Waals surface area (Å²) in [6, 6.07) is 31.3. The summed E-state index contributed by atoms with van der Waals surface area (Å²) in [5.41, 5.74) is 10.1. The zero-order valence-corrected chi connectivity index (χ0v) is 23.8. The first-order valence-electron chi connectivity index (χ1n) is 14.4. The van der Waals surface area contributed by atoms with Crippen molar-refractivity contribution < 1.29 is 4.74 Å². The molecule has 0 fully saturated rings. The zero-order chi connectivity index (χ0) is 27.6. The quantitative estimate of drug-likeness (QED) is 0.237. The fourth-order valence-electron chi connectivity index (χ4n) is 5.86. The fourth-order valence-corrected chi connectivity index (χ4v) is 5.86. The van der Waals surface area contributed by atoms with Gasteiger partial charge in [0.05, 0.1) is 22.8 Å². The van der Waals surface area contributed by atoms with E-state index < -0.39 is 0 Å². The average molecular weight is 525 g/mol. The molecule has 0 amide bonds. The van der Waals surface area contributed by atoms with E-state index in [0.29, 0.717) is 18.4 Å². The van der Waals surface area contributed by atoms with E-state index in [-0.39, 0.29) is 0 Å². The highest BCUT2D eigenvalue weighted by atomic mass is 16.5. The van der Waals surface area contributed by atoms with Crippen molar-refractivity contribution in [3.63, 3.8) is 0 Å². The summed E-state index contributed by atoms with van der Waals surface area (Å²) in [6.45, 7) is 9.58. The minimum absolute atomic E-state index is 0.407. The molecule has 3 heteroatoms. The number of nitrogens with zero attached hydrogens (tertiary/aromatic N) is 2. The summed E-state index contributed by atoms with van der Waals surface area (Å²) in [5.74, 6) is 1.70. The molecule has 0 radical (unpaired) electrons. The summed E-state index contributed by atoms with van der Waals surface area (Å²) in [5, 5.41) is 2.45. The lowest BCUT2D eigenvalue weighted by atomic mass is 9.84. The minimum atomic E-state index is 0.407. The van der Waals surface area contributed by atoms with Gasteiger partial charge in [-0.25, -0.2) is 9.98 Å². The van der Waals surface area contributed by atoms with Gasteiger partial charge in [-0.1, -0.05) is 107 Å². The van der Waals surface area contributed by atoms with Crippen LogP contribution in [0.4, 0.5) is 5.69 Å². The molecule has 0 heterocycles. The van der Waals surface area contributed by atoms with Crippen molar-refractivity contribution in [1.82, 2.24) is 0 Å². The van der Waals surface area contributed by atoms with Gasteiger partial charge in [-0.15, -0.1) is 0 Å². The Morgan fingerprint density at radius 1 is 0.700 bits per heavy atom. The van der Waals surface area contributed by atoms with Crippen molar-refractivity contribution in [2.45, 2.75) is 47.1 Å². The largest absolute Gasteiger partial charge is 0.489 e. The highest BCUT2D eigenvalue weighted by Gasteiger charge is 2.29. The first-order chi connectivity index (χ1) is 19.5. The number of allylic oxidation sites excluding steroid dienone is 3. The number of aliphatic imine (C=N–C) groups is 2. The third-order valence-electron chi connectivity index (χ3n) is 7.90. The van der Waals surface area contributed by atoms with Crippen molar-refractivity contribution in [3.8, 4) is 5.75 Å². The molecule has 2 aliphatic carbocycles. The molecule has 0 saturated heterocycles. The van der Waals surface area contributed by atoms with Gasteiger partial charge in [-0.05, 0) is 59.4 Å². The summed E-state index contributed by atoms with van der Waals surface area (Å²) >= 11 is 0. The predicted molar refractivity (Wildman–Crippen MR) is 168 cm³/mol. The molecule has 0 aliphatic heterocycles. The van der Waals surface area contributed by atoms with Gasteiger partial charge >= 0.3 is 0 Å². The van der Waals surface area contributed by atoms with Crippen LogP contribution in [-0.4, -0.2) is 11.4 Å². The maximum atomic E-state index is 6.13. The molecule has 2 aliphatic rings. The Labute approximate surface area is 237 Å². The number of hydrogen-bond acceptors (Lipinski definition) is 3. The van der Waals surface area contributed by atoms with Crippen LogP contribution in [0.1, 0.15) is 57.2 Å². The monoisotopic (exact) mass is 524 g/mol. The van der Waals surface area contributed by atoms with Crippen molar-refractivity contribution >= 4 is 27.9 Å². The van der Waals surface area contributed by atoms with Gasteiger partial charge in [0.15, 0.2) is 0 Å². The van der Waals surface area contributed by atoms with Crippen LogP contribution in [0.5, 0.6) is 5.75 Å². The van der Waals surface area contributed by atoms with Crippen LogP contribution in [0.3, 0.4) is 0 Å². The van der Waals surface area contributed by atoms with E-state index in [9.17, 15) is 0 Å². The number of rotatable bonds is 7. The molecule has 4 aromatic rings. The van der Waals surface area contributed by atoms with Crippen LogP contribution < -0.4 is 4.74 Å². The first kappa shape index (κ1) is 26.0. The molecule has 40 heavy (non-hydrogen) atoms. The normalized spacial score (nSPS) is 17.0. The third-order valence-corrected chi connectivity index (χ3v) is 7.90. The van der Waals surface area contributed by atoms with Crippen LogP contribution in [0.15, 0.2) is 124 Å². The smallest absolute Gasteiger partial charge is 0.119 e. The second-order valence-corrected chi connectivity index (χ2v) is 11.2. The molecule has 0 unspecified atom stereocenters. The summed E-state index contributed by atoms with van der Waals surface area (Å²) < 4.78 is 6.13. The maximum Gasteiger partial charge on any atom is 0.119 e. The Balaban J connectivity index is 1.52. The Kier molecular flexibility index (Phi) is 7.21. The molecule has 200 valence electrons. The number of benzene rings is 4. The Morgan fingerprint density at radius 3 is 2.08 bits per heavy atom. The van der Waals surface area contributed by atoms with Gasteiger partial charge in [-0.3, -0.25) is 0 Å². The Bertz CT molecular complexity index is 1680.